The van der Waals surface area contributed by atoms with Gasteiger partial charge in [0.25, 0.3) is 0 Å². The van der Waals surface area contributed by atoms with Crippen LogP contribution in [0.3, 0.4) is 0 Å². The van der Waals surface area contributed by atoms with Crippen molar-refractivity contribution in [3.63, 3.8) is 0 Å². The Kier molecular flexibility index (Phi) is 2.49. The van der Waals surface area contributed by atoms with Crippen molar-refractivity contribution >= 4 is 0 Å². The molecule has 1 aliphatic carbocycles. The van der Waals surface area contributed by atoms with E-state index in [1.165, 1.54) is 12.8 Å². The molecule has 1 saturated carbocycles. The second-order valence-electron chi connectivity index (χ2n) is 2.66. The van der Waals surface area contributed by atoms with Crippen LogP contribution in [-0.2, 0) is 4.74 Å². The maximum atomic E-state index is 5.74. The van der Waals surface area contributed by atoms with E-state index in [0.29, 0.717) is 6.04 Å². The van der Waals surface area contributed by atoms with Gasteiger partial charge in [-0.15, -0.1) is 0 Å². The van der Waals surface area contributed by atoms with Gasteiger partial charge in [0.15, 0.2) is 0 Å². The molecule has 54 valence electrons. The summed E-state index contributed by atoms with van der Waals surface area (Å²) in [6.07, 6.45) is 2.63. The maximum Gasteiger partial charge on any atom is 0.0620 e. The molecular formula is C7H15NO. The third-order valence-electron chi connectivity index (χ3n) is 1.74. The Hall–Kier alpha value is -0.0800. The molecule has 0 radical (unpaired) electrons. The summed E-state index contributed by atoms with van der Waals surface area (Å²) >= 11 is 0. The molecular weight excluding hydrogens is 114 g/mol. The second kappa shape index (κ2) is 3.18. The molecule has 0 spiro atoms. The fourth-order valence-corrected chi connectivity index (χ4v) is 0.914. The van der Waals surface area contributed by atoms with E-state index in [1.54, 1.807) is 0 Å². The predicted octanol–water partition coefficient (Wildman–Crippen LogP) is 0.760. The standard InChI is InChI=1S/C7H15NO/c1-2-9-5-7(8)6-3-4-6/h6-7H,2-5,8H2,1H3. The Bertz CT molecular complexity index is 81.0. The minimum atomic E-state index is 0.310. The van der Waals surface area contributed by atoms with Gasteiger partial charge in [-0.25, -0.2) is 0 Å². The van der Waals surface area contributed by atoms with E-state index in [0.717, 1.165) is 19.1 Å². The number of ether oxygens (including phenoxy) is 1. The minimum Gasteiger partial charge on any atom is -0.380 e. The third kappa shape index (κ3) is 2.33. The van der Waals surface area contributed by atoms with Crippen molar-refractivity contribution in [2.24, 2.45) is 11.7 Å². The number of rotatable bonds is 4. The van der Waals surface area contributed by atoms with E-state index in [4.69, 9.17) is 10.5 Å². The molecule has 0 aromatic heterocycles. The molecule has 0 amide bonds. The van der Waals surface area contributed by atoms with Gasteiger partial charge in [-0.1, -0.05) is 0 Å². The molecule has 0 aliphatic heterocycles. The van der Waals surface area contributed by atoms with E-state index in [9.17, 15) is 0 Å². The summed E-state index contributed by atoms with van der Waals surface area (Å²) in [5, 5.41) is 0. The third-order valence-corrected chi connectivity index (χ3v) is 1.74. The van der Waals surface area contributed by atoms with Crippen LogP contribution in [0, 0.1) is 5.92 Å². The van der Waals surface area contributed by atoms with Crippen molar-refractivity contribution in [2.75, 3.05) is 13.2 Å². The first-order chi connectivity index (χ1) is 4.34. The van der Waals surface area contributed by atoms with E-state index >= 15 is 0 Å². The number of hydrogen-bond acceptors (Lipinski definition) is 2. The lowest BCUT2D eigenvalue weighted by Crippen LogP contribution is -2.28. The van der Waals surface area contributed by atoms with Crippen LogP contribution in [0.15, 0.2) is 0 Å². The molecule has 1 unspecified atom stereocenters. The first-order valence-electron chi connectivity index (χ1n) is 3.68. The average Bonchev–Trinajstić information content (AvgIpc) is 2.63. The topological polar surface area (TPSA) is 35.2 Å². The van der Waals surface area contributed by atoms with Crippen molar-refractivity contribution in [1.82, 2.24) is 0 Å². The molecule has 0 heterocycles. The van der Waals surface area contributed by atoms with Gasteiger partial charge < -0.3 is 10.5 Å². The van der Waals surface area contributed by atoms with Gasteiger partial charge in [0.05, 0.1) is 6.61 Å². The first-order valence-corrected chi connectivity index (χ1v) is 3.68. The molecule has 2 nitrogen and oxygen atoms in total. The molecule has 1 aliphatic rings. The van der Waals surface area contributed by atoms with Gasteiger partial charge in [-0.05, 0) is 25.7 Å². The minimum absolute atomic E-state index is 0.310. The van der Waals surface area contributed by atoms with E-state index < -0.39 is 0 Å². The Morgan fingerprint density at radius 1 is 1.67 bits per heavy atom. The van der Waals surface area contributed by atoms with Crippen molar-refractivity contribution in [2.45, 2.75) is 25.8 Å². The zero-order valence-electron chi connectivity index (χ0n) is 5.97. The summed E-state index contributed by atoms with van der Waals surface area (Å²) in [5.41, 5.74) is 5.74. The zero-order valence-corrected chi connectivity index (χ0v) is 5.97. The van der Waals surface area contributed by atoms with Crippen molar-refractivity contribution in [3.05, 3.63) is 0 Å². The normalized spacial score (nSPS) is 22.0. The lowest BCUT2D eigenvalue weighted by molar-refractivity contribution is 0.128. The van der Waals surface area contributed by atoms with Crippen LogP contribution in [0.2, 0.25) is 0 Å². The molecule has 9 heavy (non-hydrogen) atoms. The summed E-state index contributed by atoms with van der Waals surface area (Å²) in [6, 6.07) is 0.310. The van der Waals surface area contributed by atoms with Crippen LogP contribution < -0.4 is 5.73 Å². The molecule has 1 rings (SSSR count). The van der Waals surface area contributed by atoms with Crippen molar-refractivity contribution in [1.29, 1.82) is 0 Å². The summed E-state index contributed by atoms with van der Waals surface area (Å²) < 4.78 is 5.17. The van der Waals surface area contributed by atoms with E-state index in [-0.39, 0.29) is 0 Å². The molecule has 1 fully saturated rings. The number of hydrogen-bond donors (Lipinski definition) is 1. The van der Waals surface area contributed by atoms with E-state index in [2.05, 4.69) is 0 Å². The molecule has 0 bridgehead atoms. The largest absolute Gasteiger partial charge is 0.380 e. The van der Waals surface area contributed by atoms with Crippen molar-refractivity contribution in [3.8, 4) is 0 Å². The van der Waals surface area contributed by atoms with Gasteiger partial charge in [-0.2, -0.15) is 0 Å². The van der Waals surface area contributed by atoms with E-state index in [1.807, 2.05) is 6.92 Å². The van der Waals surface area contributed by atoms with Crippen LogP contribution in [0.4, 0.5) is 0 Å². The first kappa shape index (κ1) is 7.03. The van der Waals surface area contributed by atoms with Crippen LogP contribution in [0.5, 0.6) is 0 Å². The highest BCUT2D eigenvalue weighted by Crippen LogP contribution is 2.31. The summed E-state index contributed by atoms with van der Waals surface area (Å²) in [7, 11) is 0. The summed E-state index contributed by atoms with van der Waals surface area (Å²) in [6.45, 7) is 3.54. The van der Waals surface area contributed by atoms with Gasteiger partial charge in [0, 0.05) is 12.6 Å². The smallest absolute Gasteiger partial charge is 0.0620 e. The molecule has 2 heteroatoms. The fourth-order valence-electron chi connectivity index (χ4n) is 0.914. The van der Waals surface area contributed by atoms with Gasteiger partial charge in [0.1, 0.15) is 0 Å². The van der Waals surface area contributed by atoms with Gasteiger partial charge >= 0.3 is 0 Å². The quantitative estimate of drug-likeness (QED) is 0.608. The molecule has 0 aromatic rings. The van der Waals surface area contributed by atoms with Crippen LogP contribution in [-0.4, -0.2) is 19.3 Å². The molecule has 1 atom stereocenters. The maximum absolute atomic E-state index is 5.74. The summed E-state index contributed by atoms with van der Waals surface area (Å²) in [5.74, 6) is 0.775. The highest BCUT2D eigenvalue weighted by atomic mass is 16.5. The molecule has 0 saturated heterocycles. The molecule has 0 aromatic carbocycles. The Morgan fingerprint density at radius 3 is 2.78 bits per heavy atom. The van der Waals surface area contributed by atoms with Gasteiger partial charge in [0.2, 0.25) is 0 Å². The Balaban J connectivity index is 1.96. The van der Waals surface area contributed by atoms with Gasteiger partial charge in [-0.3, -0.25) is 0 Å². The second-order valence-corrected chi connectivity index (χ2v) is 2.66. The van der Waals surface area contributed by atoms with Crippen molar-refractivity contribution < 1.29 is 4.74 Å². The Labute approximate surface area is 56.4 Å². The van der Waals surface area contributed by atoms with Crippen LogP contribution in [0.25, 0.3) is 0 Å². The van der Waals surface area contributed by atoms with Crippen LogP contribution >= 0.6 is 0 Å². The molecule has 2 N–H and O–H groups in total. The lowest BCUT2D eigenvalue weighted by atomic mass is 10.2. The zero-order chi connectivity index (χ0) is 6.69. The predicted molar refractivity (Wildman–Crippen MR) is 37.2 cm³/mol. The Morgan fingerprint density at radius 2 is 2.33 bits per heavy atom. The number of nitrogens with two attached hydrogens (primary N) is 1. The van der Waals surface area contributed by atoms with Crippen LogP contribution in [0.1, 0.15) is 19.8 Å². The highest BCUT2D eigenvalue weighted by Gasteiger charge is 2.28. The highest BCUT2D eigenvalue weighted by molar-refractivity contribution is 4.83. The SMILES string of the molecule is CCOCC(N)C1CC1. The fraction of sp³-hybridized carbons (Fsp3) is 1.00. The monoisotopic (exact) mass is 129 g/mol. The summed E-state index contributed by atoms with van der Waals surface area (Å²) in [4.78, 5) is 0. The lowest BCUT2D eigenvalue weighted by Gasteiger charge is -2.08. The average molecular weight is 129 g/mol.